The molecule has 9 aromatic rings. The average Bonchev–Trinajstić information content (AvgIpc) is 3.16. The Hall–Kier alpha value is -5.90. The van der Waals surface area contributed by atoms with Gasteiger partial charge in [-0.2, -0.15) is 0 Å². The number of anilines is 6. The van der Waals surface area contributed by atoms with Crippen molar-refractivity contribution in [1.29, 1.82) is 0 Å². The molecule has 0 N–H and O–H groups in total. The van der Waals surface area contributed by atoms with Crippen molar-refractivity contribution in [3.63, 3.8) is 0 Å². The summed E-state index contributed by atoms with van der Waals surface area (Å²) >= 11 is 4.22. The van der Waals surface area contributed by atoms with Gasteiger partial charge >= 0.3 is 0 Å². The quantitative estimate of drug-likeness (QED) is 0.170. The number of nitrogens with zero attached hydrogens (tertiary/aromatic N) is 2. The van der Waals surface area contributed by atoms with Crippen LogP contribution in [-0.2, 0) is 0 Å². The number of rotatable bonds is 6. The van der Waals surface area contributed by atoms with Crippen LogP contribution in [0.5, 0.6) is 0 Å². The number of fused-ring (bicyclic) bond motifs is 4. The van der Waals surface area contributed by atoms with E-state index in [2.05, 4.69) is 215 Å². The van der Waals surface area contributed by atoms with Gasteiger partial charge in [0.05, 0.1) is 15.8 Å². The van der Waals surface area contributed by atoms with Crippen molar-refractivity contribution in [3.8, 4) is 0 Å². The molecule has 0 aromatic heterocycles. The van der Waals surface area contributed by atoms with E-state index in [0.29, 0.717) is 0 Å². The molecule has 0 bridgehead atoms. The Morgan fingerprint density at radius 2 is 0.580 bits per heavy atom. The summed E-state index contributed by atoms with van der Waals surface area (Å²) in [4.78, 5) is 4.77. The second kappa shape index (κ2) is 12.5. The molecule has 238 valence electrons. The van der Waals surface area contributed by atoms with Gasteiger partial charge in [-0.1, -0.05) is 121 Å². The molecule has 3 heteroatoms. The Morgan fingerprint density at radius 3 is 0.860 bits per heavy atom. The summed E-state index contributed by atoms with van der Waals surface area (Å²) in [6, 6.07) is 65.9. The molecule has 50 heavy (non-hydrogen) atoms. The van der Waals surface area contributed by atoms with E-state index in [1.165, 1.54) is 43.1 Å². The van der Waals surface area contributed by atoms with Crippen molar-refractivity contribution in [3.05, 3.63) is 192 Å². The summed E-state index contributed by atoms with van der Waals surface area (Å²) in [6.45, 7) is 2.19. The lowest BCUT2D eigenvalue weighted by atomic mass is 10.0. The lowest BCUT2D eigenvalue weighted by Crippen LogP contribution is -2.15. The molecule has 2 nitrogen and oxygen atoms in total. The second-order valence-electron chi connectivity index (χ2n) is 12.9. The summed E-state index contributed by atoms with van der Waals surface area (Å²) in [6.07, 6.45) is 0. The molecule has 0 amide bonds. The van der Waals surface area contributed by atoms with E-state index in [1.54, 1.807) is 0 Å². The molecule has 0 aliphatic heterocycles. The molecular weight excluding hydrogens is 672 g/mol. The number of hydrogen-bond donors (Lipinski definition) is 0. The largest absolute Gasteiger partial charge is 0.309 e. The number of aryl methyl sites for hydroxylation is 1. The van der Waals surface area contributed by atoms with Crippen LogP contribution >= 0.6 is 15.9 Å². The van der Waals surface area contributed by atoms with Crippen molar-refractivity contribution in [1.82, 2.24) is 0 Å². The average molecular weight is 706 g/mol. The third-order valence-electron chi connectivity index (χ3n) is 9.63. The van der Waals surface area contributed by atoms with Gasteiger partial charge in [-0.05, 0) is 132 Å². The zero-order valence-corrected chi connectivity index (χ0v) is 29.2. The number of halogens is 1. The molecule has 0 fully saturated rings. The first kappa shape index (κ1) is 30.2. The highest BCUT2D eigenvalue weighted by Crippen LogP contribution is 2.48. The van der Waals surface area contributed by atoms with Crippen LogP contribution in [0.3, 0.4) is 0 Å². The number of hydrogen-bond acceptors (Lipinski definition) is 2. The van der Waals surface area contributed by atoms with Crippen molar-refractivity contribution < 1.29 is 0 Å². The van der Waals surface area contributed by atoms with Crippen molar-refractivity contribution in [2.45, 2.75) is 6.92 Å². The molecular formula is C47H33BrN2. The molecule has 9 aromatic carbocycles. The Morgan fingerprint density at radius 1 is 0.320 bits per heavy atom. The highest BCUT2D eigenvalue weighted by Gasteiger charge is 2.23. The van der Waals surface area contributed by atoms with Crippen LogP contribution < -0.4 is 9.80 Å². The Labute approximate surface area is 300 Å². The van der Waals surface area contributed by atoms with Crippen molar-refractivity contribution in [2.75, 3.05) is 9.80 Å². The summed E-state index contributed by atoms with van der Waals surface area (Å²) in [5, 5.41) is 9.69. The van der Waals surface area contributed by atoms with Gasteiger partial charge in [-0.3, -0.25) is 0 Å². The first-order valence-corrected chi connectivity index (χ1v) is 17.7. The predicted molar refractivity (Wildman–Crippen MR) is 218 cm³/mol. The minimum Gasteiger partial charge on any atom is -0.309 e. The molecule has 0 aliphatic carbocycles. The Balaban J connectivity index is 1.30. The minimum atomic E-state index is 1.01. The van der Waals surface area contributed by atoms with Crippen LogP contribution in [0.2, 0.25) is 0 Å². The van der Waals surface area contributed by atoms with Gasteiger partial charge in [0.15, 0.2) is 0 Å². The molecule has 0 heterocycles. The third-order valence-corrected chi connectivity index (χ3v) is 10.4. The normalized spacial score (nSPS) is 11.4. The van der Waals surface area contributed by atoms with Gasteiger partial charge < -0.3 is 9.80 Å². The molecule has 0 unspecified atom stereocenters. The fourth-order valence-electron chi connectivity index (χ4n) is 7.17. The predicted octanol–water partition coefficient (Wildman–Crippen LogP) is 14.3. The van der Waals surface area contributed by atoms with Crippen LogP contribution in [-0.4, -0.2) is 0 Å². The first-order chi connectivity index (χ1) is 24.6. The summed E-state index contributed by atoms with van der Waals surface area (Å²) in [7, 11) is 0. The lowest BCUT2D eigenvalue weighted by Gasteiger charge is -2.32. The van der Waals surface area contributed by atoms with E-state index in [-0.39, 0.29) is 0 Å². The zero-order valence-electron chi connectivity index (χ0n) is 27.6. The fourth-order valence-corrected chi connectivity index (χ4v) is 7.76. The van der Waals surface area contributed by atoms with E-state index in [4.69, 9.17) is 0 Å². The van der Waals surface area contributed by atoms with Crippen LogP contribution in [0.1, 0.15) is 5.56 Å². The molecule has 0 aliphatic rings. The van der Waals surface area contributed by atoms with Crippen LogP contribution in [0.4, 0.5) is 34.1 Å². The fraction of sp³-hybridized carbons (Fsp3) is 0.0213. The third kappa shape index (κ3) is 5.46. The van der Waals surface area contributed by atoms with Crippen LogP contribution in [0.15, 0.2) is 186 Å². The van der Waals surface area contributed by atoms with Gasteiger partial charge in [0.1, 0.15) is 0 Å². The van der Waals surface area contributed by atoms with Gasteiger partial charge in [-0.15, -0.1) is 0 Å². The maximum absolute atomic E-state index is 4.22. The Kier molecular flexibility index (Phi) is 7.56. The van der Waals surface area contributed by atoms with Crippen LogP contribution in [0.25, 0.3) is 43.1 Å². The van der Waals surface area contributed by atoms with Gasteiger partial charge in [0.2, 0.25) is 0 Å². The Bertz CT molecular complexity index is 2370. The smallest absolute Gasteiger partial charge is 0.0657 e. The van der Waals surface area contributed by atoms with Gasteiger partial charge in [0, 0.05) is 22.7 Å². The molecule has 0 saturated heterocycles. The summed E-state index contributed by atoms with van der Waals surface area (Å²) < 4.78 is 1.01. The van der Waals surface area contributed by atoms with Gasteiger partial charge in [0.25, 0.3) is 0 Å². The molecule has 0 radical (unpaired) electrons. The van der Waals surface area contributed by atoms with Crippen molar-refractivity contribution in [2.24, 2.45) is 0 Å². The molecule has 9 rings (SSSR count). The standard InChI is InChI=1S/C47H33BrN2/c1-32-26-45(49(41-22-18-33-10-2-6-14-37(33)28-41)42-23-19-34-11-3-7-15-38(34)29-42)47(48)46(27-32)50(43-24-20-35-12-4-8-16-39(35)30-43)44-25-21-36-13-5-9-17-40(36)31-44/h2-31H,1H3. The zero-order chi connectivity index (χ0) is 33.6. The SMILES string of the molecule is Cc1cc(N(c2ccc3ccccc3c2)c2ccc3ccccc3c2)c(Br)c(N(c2ccc3ccccc3c2)c2ccc3ccccc3c2)c1. The van der Waals surface area contributed by atoms with E-state index in [9.17, 15) is 0 Å². The monoisotopic (exact) mass is 704 g/mol. The molecule has 0 spiro atoms. The first-order valence-electron chi connectivity index (χ1n) is 16.9. The topological polar surface area (TPSA) is 6.48 Å². The molecule has 0 atom stereocenters. The van der Waals surface area contributed by atoms with E-state index in [0.717, 1.165) is 44.2 Å². The molecule has 0 saturated carbocycles. The minimum absolute atomic E-state index is 1.01. The maximum Gasteiger partial charge on any atom is 0.0657 e. The lowest BCUT2D eigenvalue weighted by molar-refractivity contribution is 1.23. The van der Waals surface area contributed by atoms with Crippen molar-refractivity contribution >= 4 is 93.1 Å². The summed E-state index contributed by atoms with van der Waals surface area (Å²) in [5.74, 6) is 0. The van der Waals surface area contributed by atoms with Crippen LogP contribution in [0, 0.1) is 6.92 Å². The second-order valence-corrected chi connectivity index (χ2v) is 13.7. The highest BCUT2D eigenvalue weighted by molar-refractivity contribution is 9.10. The summed E-state index contributed by atoms with van der Waals surface area (Å²) in [5.41, 5.74) is 7.68. The van der Waals surface area contributed by atoms with E-state index >= 15 is 0 Å². The van der Waals surface area contributed by atoms with Gasteiger partial charge in [-0.25, -0.2) is 0 Å². The highest BCUT2D eigenvalue weighted by atomic mass is 79.9. The number of benzene rings is 9. The van der Waals surface area contributed by atoms with E-state index < -0.39 is 0 Å². The van der Waals surface area contributed by atoms with E-state index in [1.807, 2.05) is 0 Å². The maximum atomic E-state index is 4.22.